The average molecular weight is 221 g/mol. The summed E-state index contributed by atoms with van der Waals surface area (Å²) in [5.41, 5.74) is 0. The van der Waals surface area contributed by atoms with Gasteiger partial charge in [0.05, 0.1) is 26.6 Å². The second kappa shape index (κ2) is 5.67. The van der Waals surface area contributed by atoms with Crippen molar-refractivity contribution in [3.63, 3.8) is 0 Å². The molecule has 1 saturated carbocycles. The summed E-state index contributed by atoms with van der Waals surface area (Å²) in [6, 6.07) is 0. The summed E-state index contributed by atoms with van der Waals surface area (Å²) in [5.74, 6) is 3.73. The Balaban J connectivity index is 1.84. The highest BCUT2D eigenvalue weighted by Crippen LogP contribution is 2.30. The van der Waals surface area contributed by atoms with Crippen molar-refractivity contribution in [1.82, 2.24) is 14.7 Å². The van der Waals surface area contributed by atoms with Crippen LogP contribution in [0.25, 0.3) is 0 Å². The molecule has 0 aromatic carbocycles. The van der Waals surface area contributed by atoms with Gasteiger partial charge in [0.25, 0.3) is 0 Å². The molecular weight excluding hydrogens is 198 g/mol. The number of hydrogen-bond donors (Lipinski definition) is 0. The number of hydrogen-bond acceptors (Lipinski definition) is 3. The minimum atomic E-state index is 0.779. The highest BCUT2D eigenvalue weighted by Gasteiger charge is 2.28. The summed E-state index contributed by atoms with van der Waals surface area (Å²) in [5, 5.41) is 0. The van der Waals surface area contributed by atoms with Crippen LogP contribution in [0.5, 0.6) is 0 Å². The molecule has 0 aromatic rings. The maximum absolute atomic E-state index is 5.41. The van der Waals surface area contributed by atoms with Gasteiger partial charge in [0.15, 0.2) is 0 Å². The Kier molecular flexibility index (Phi) is 4.22. The fraction of sp³-hybridized carbons (Fsp3) is 0.846. The van der Waals surface area contributed by atoms with Crippen LogP contribution in [0, 0.1) is 18.3 Å². The minimum absolute atomic E-state index is 0.779. The van der Waals surface area contributed by atoms with Gasteiger partial charge in [0.1, 0.15) is 0 Å². The number of nitrogens with zero attached hydrogens (tertiary/aromatic N) is 3. The normalized spacial score (nSPS) is 24.5. The SMILES string of the molecule is C#CCN1CN(CCC)CN(CC2CC2)C1. The van der Waals surface area contributed by atoms with E-state index in [9.17, 15) is 0 Å². The highest BCUT2D eigenvalue weighted by molar-refractivity contribution is 4.89. The summed E-state index contributed by atoms with van der Waals surface area (Å²) in [7, 11) is 0. The summed E-state index contributed by atoms with van der Waals surface area (Å²) >= 11 is 0. The van der Waals surface area contributed by atoms with Crippen molar-refractivity contribution in [2.75, 3.05) is 39.6 Å². The summed E-state index contributed by atoms with van der Waals surface area (Å²) in [6.07, 6.45) is 9.49. The molecule has 0 bridgehead atoms. The van der Waals surface area contributed by atoms with E-state index >= 15 is 0 Å². The lowest BCUT2D eigenvalue weighted by atomic mass is 10.3. The molecule has 1 aliphatic heterocycles. The second-order valence-corrected chi connectivity index (χ2v) is 5.15. The summed E-state index contributed by atoms with van der Waals surface area (Å²) in [4.78, 5) is 7.42. The molecule has 1 heterocycles. The van der Waals surface area contributed by atoms with E-state index in [2.05, 4.69) is 27.5 Å². The Morgan fingerprint density at radius 1 is 1.12 bits per heavy atom. The van der Waals surface area contributed by atoms with E-state index < -0.39 is 0 Å². The topological polar surface area (TPSA) is 9.72 Å². The van der Waals surface area contributed by atoms with Gasteiger partial charge in [-0.25, -0.2) is 0 Å². The minimum Gasteiger partial charge on any atom is -0.277 e. The lowest BCUT2D eigenvalue weighted by molar-refractivity contribution is -0.0245. The molecule has 2 rings (SSSR count). The molecule has 3 nitrogen and oxygen atoms in total. The number of terminal acetylenes is 1. The van der Waals surface area contributed by atoms with Crippen LogP contribution in [0.2, 0.25) is 0 Å². The third kappa shape index (κ3) is 3.48. The molecule has 0 amide bonds. The van der Waals surface area contributed by atoms with Gasteiger partial charge in [-0.3, -0.25) is 14.7 Å². The molecule has 0 atom stereocenters. The first kappa shape index (κ1) is 11.9. The summed E-state index contributed by atoms with van der Waals surface area (Å²) in [6.45, 7) is 8.70. The predicted octanol–water partition coefficient (Wildman–Crippen LogP) is 1.23. The molecule has 0 aromatic heterocycles. The zero-order valence-electron chi connectivity index (χ0n) is 10.4. The van der Waals surface area contributed by atoms with E-state index in [1.165, 1.54) is 32.4 Å². The van der Waals surface area contributed by atoms with Crippen molar-refractivity contribution in [1.29, 1.82) is 0 Å². The van der Waals surface area contributed by atoms with E-state index in [4.69, 9.17) is 6.42 Å². The predicted molar refractivity (Wildman–Crippen MR) is 66.6 cm³/mol. The van der Waals surface area contributed by atoms with Crippen LogP contribution in [-0.4, -0.2) is 54.3 Å². The quantitative estimate of drug-likeness (QED) is 0.647. The Hall–Kier alpha value is -0.560. The molecular formula is C13H23N3. The van der Waals surface area contributed by atoms with Gasteiger partial charge >= 0.3 is 0 Å². The molecule has 0 unspecified atom stereocenters. The van der Waals surface area contributed by atoms with Gasteiger partial charge in [-0.2, -0.15) is 0 Å². The van der Waals surface area contributed by atoms with Gasteiger partial charge < -0.3 is 0 Å². The van der Waals surface area contributed by atoms with Crippen LogP contribution < -0.4 is 0 Å². The molecule has 2 aliphatic rings. The third-order valence-corrected chi connectivity index (χ3v) is 3.27. The molecule has 90 valence electrons. The standard InChI is InChI=1S/C13H23N3/c1-3-7-14-10-15(8-4-2)12-16(11-14)9-13-5-6-13/h1,13H,4-12H2,2H3. The molecule has 0 radical (unpaired) electrons. The van der Waals surface area contributed by atoms with E-state index in [0.717, 1.165) is 32.5 Å². The van der Waals surface area contributed by atoms with E-state index in [0.29, 0.717) is 0 Å². The zero-order valence-corrected chi connectivity index (χ0v) is 10.4. The van der Waals surface area contributed by atoms with Gasteiger partial charge in [0.2, 0.25) is 0 Å². The van der Waals surface area contributed by atoms with Crippen LogP contribution in [-0.2, 0) is 0 Å². The van der Waals surface area contributed by atoms with E-state index in [1.807, 2.05) is 0 Å². The van der Waals surface area contributed by atoms with E-state index in [-0.39, 0.29) is 0 Å². The first-order valence-corrected chi connectivity index (χ1v) is 6.42. The zero-order chi connectivity index (χ0) is 11.4. The van der Waals surface area contributed by atoms with Crippen LogP contribution in [0.3, 0.4) is 0 Å². The molecule has 16 heavy (non-hydrogen) atoms. The van der Waals surface area contributed by atoms with Crippen molar-refractivity contribution in [2.45, 2.75) is 26.2 Å². The summed E-state index contributed by atoms with van der Waals surface area (Å²) < 4.78 is 0. The average Bonchev–Trinajstić information content (AvgIpc) is 3.02. The lowest BCUT2D eigenvalue weighted by Crippen LogP contribution is -2.55. The van der Waals surface area contributed by atoms with Crippen molar-refractivity contribution >= 4 is 0 Å². The van der Waals surface area contributed by atoms with Crippen molar-refractivity contribution in [3.05, 3.63) is 0 Å². The Labute approximate surface area is 99.4 Å². The Bertz CT molecular complexity index is 254. The molecule has 0 N–H and O–H groups in total. The smallest absolute Gasteiger partial charge is 0.0622 e. The first-order chi connectivity index (χ1) is 7.81. The van der Waals surface area contributed by atoms with Gasteiger partial charge in [-0.05, 0) is 25.2 Å². The lowest BCUT2D eigenvalue weighted by Gasteiger charge is -2.41. The molecule has 0 spiro atoms. The highest BCUT2D eigenvalue weighted by atomic mass is 15.5. The Morgan fingerprint density at radius 3 is 2.44 bits per heavy atom. The van der Waals surface area contributed by atoms with Crippen LogP contribution in [0.1, 0.15) is 26.2 Å². The fourth-order valence-corrected chi connectivity index (χ4v) is 2.45. The fourth-order valence-electron chi connectivity index (χ4n) is 2.45. The van der Waals surface area contributed by atoms with Crippen molar-refractivity contribution in [3.8, 4) is 12.3 Å². The molecule has 1 aliphatic carbocycles. The molecule has 2 fully saturated rings. The molecule has 1 saturated heterocycles. The van der Waals surface area contributed by atoms with E-state index in [1.54, 1.807) is 0 Å². The maximum atomic E-state index is 5.41. The van der Waals surface area contributed by atoms with Crippen LogP contribution >= 0.6 is 0 Å². The van der Waals surface area contributed by atoms with Crippen molar-refractivity contribution in [2.24, 2.45) is 5.92 Å². The van der Waals surface area contributed by atoms with Crippen LogP contribution in [0.15, 0.2) is 0 Å². The van der Waals surface area contributed by atoms with Crippen molar-refractivity contribution < 1.29 is 0 Å². The first-order valence-electron chi connectivity index (χ1n) is 6.42. The second-order valence-electron chi connectivity index (χ2n) is 5.15. The largest absolute Gasteiger partial charge is 0.277 e. The van der Waals surface area contributed by atoms with Crippen LogP contribution in [0.4, 0.5) is 0 Å². The number of rotatable bonds is 5. The van der Waals surface area contributed by atoms with Gasteiger partial charge in [-0.15, -0.1) is 6.42 Å². The van der Waals surface area contributed by atoms with Gasteiger partial charge in [0, 0.05) is 13.1 Å². The van der Waals surface area contributed by atoms with Gasteiger partial charge in [-0.1, -0.05) is 12.8 Å². The monoisotopic (exact) mass is 221 g/mol. The molecule has 3 heteroatoms. The maximum Gasteiger partial charge on any atom is 0.0622 e. The Morgan fingerprint density at radius 2 is 1.81 bits per heavy atom. The third-order valence-electron chi connectivity index (χ3n) is 3.27.